The number of hydrogen-bond acceptors (Lipinski definition) is 5. The van der Waals surface area contributed by atoms with Crippen molar-refractivity contribution >= 4 is 17.5 Å². The summed E-state index contributed by atoms with van der Waals surface area (Å²) in [5, 5.41) is 18.8. The Balaban J connectivity index is 1.59. The van der Waals surface area contributed by atoms with Gasteiger partial charge in [0.1, 0.15) is 11.5 Å². The van der Waals surface area contributed by atoms with Gasteiger partial charge >= 0.3 is 0 Å². The molecule has 1 aliphatic heterocycles. The van der Waals surface area contributed by atoms with Crippen molar-refractivity contribution in [3.05, 3.63) is 54.1 Å². The van der Waals surface area contributed by atoms with Gasteiger partial charge in [0.2, 0.25) is 5.91 Å². The summed E-state index contributed by atoms with van der Waals surface area (Å²) in [5.74, 6) is 0.375. The van der Waals surface area contributed by atoms with Crippen molar-refractivity contribution in [2.24, 2.45) is 0 Å². The minimum atomic E-state index is -0.146. The van der Waals surface area contributed by atoms with Crippen molar-refractivity contribution < 1.29 is 24.5 Å². The number of aliphatic hydroxyl groups is 1. The number of nitrogens with zero attached hydrogens (tertiary/aromatic N) is 2. The Labute approximate surface area is 163 Å². The molecule has 2 aromatic rings. The van der Waals surface area contributed by atoms with Crippen molar-refractivity contribution in [3.8, 4) is 11.5 Å². The van der Waals surface area contributed by atoms with Crippen molar-refractivity contribution in [2.75, 3.05) is 24.6 Å². The molecule has 0 radical (unpaired) electrons. The minimum absolute atomic E-state index is 0.0415. The summed E-state index contributed by atoms with van der Waals surface area (Å²) in [7, 11) is 0. The number of phenolic OH excluding ortho intramolecular Hbond substituents is 1. The summed E-state index contributed by atoms with van der Waals surface area (Å²) in [5.41, 5.74) is 1.39. The Morgan fingerprint density at radius 2 is 1.96 bits per heavy atom. The number of rotatable bonds is 6. The molecular weight excluding hydrogens is 360 g/mol. The van der Waals surface area contributed by atoms with Crippen LogP contribution in [0.2, 0.25) is 0 Å². The second-order valence-electron chi connectivity index (χ2n) is 6.78. The first kappa shape index (κ1) is 19.7. The molecule has 1 aliphatic rings. The fourth-order valence-corrected chi connectivity index (χ4v) is 3.40. The first-order chi connectivity index (χ1) is 13.5. The molecule has 1 fully saturated rings. The standard InChI is InChI=1S/C21H24N2O5/c1-15(25)23(17-3-2-4-19(26)11-17)18-9-10-22(12-18)21(27)14-28-20-7-5-16(13-24)6-8-20/h2-8,11,18,24,26H,9-10,12-14H2,1H3. The van der Waals surface area contributed by atoms with Crippen LogP contribution < -0.4 is 9.64 Å². The summed E-state index contributed by atoms with van der Waals surface area (Å²) in [6.45, 7) is 2.31. The van der Waals surface area contributed by atoms with Crippen LogP contribution in [0.15, 0.2) is 48.5 Å². The van der Waals surface area contributed by atoms with Crippen molar-refractivity contribution in [2.45, 2.75) is 26.0 Å². The van der Waals surface area contributed by atoms with Crippen LogP contribution in [0.1, 0.15) is 18.9 Å². The molecule has 1 unspecified atom stereocenters. The quantitative estimate of drug-likeness (QED) is 0.794. The van der Waals surface area contributed by atoms with Gasteiger partial charge in [0.25, 0.3) is 5.91 Å². The third-order valence-electron chi connectivity index (χ3n) is 4.80. The Hall–Kier alpha value is -3.06. The third-order valence-corrected chi connectivity index (χ3v) is 4.80. The van der Waals surface area contributed by atoms with Gasteiger partial charge in [-0.1, -0.05) is 18.2 Å². The number of likely N-dealkylation sites (tertiary alicyclic amines) is 1. The first-order valence-corrected chi connectivity index (χ1v) is 9.17. The van der Waals surface area contributed by atoms with E-state index >= 15 is 0 Å². The number of aromatic hydroxyl groups is 1. The maximum atomic E-state index is 12.5. The van der Waals surface area contributed by atoms with Crippen LogP contribution >= 0.6 is 0 Å². The molecule has 2 aromatic carbocycles. The highest BCUT2D eigenvalue weighted by Gasteiger charge is 2.32. The van der Waals surface area contributed by atoms with Crippen molar-refractivity contribution in [1.29, 1.82) is 0 Å². The topological polar surface area (TPSA) is 90.3 Å². The van der Waals surface area contributed by atoms with Crippen LogP contribution in [0.3, 0.4) is 0 Å². The molecule has 2 amide bonds. The SMILES string of the molecule is CC(=O)N(c1cccc(O)c1)C1CCN(C(=O)COc2ccc(CO)cc2)C1. The Kier molecular flexibility index (Phi) is 6.16. The van der Waals surface area contributed by atoms with E-state index in [1.165, 1.54) is 6.92 Å². The summed E-state index contributed by atoms with van der Waals surface area (Å²) in [4.78, 5) is 28.0. The summed E-state index contributed by atoms with van der Waals surface area (Å²) in [6.07, 6.45) is 0.659. The van der Waals surface area contributed by atoms with E-state index in [2.05, 4.69) is 0 Å². The molecule has 1 heterocycles. The number of ether oxygens (including phenoxy) is 1. The van der Waals surface area contributed by atoms with Gasteiger partial charge in [0.15, 0.2) is 6.61 Å². The molecule has 7 heteroatoms. The number of benzene rings is 2. The molecule has 0 saturated carbocycles. The monoisotopic (exact) mass is 384 g/mol. The zero-order chi connectivity index (χ0) is 20.1. The molecule has 3 rings (SSSR count). The maximum absolute atomic E-state index is 12.5. The number of anilines is 1. The lowest BCUT2D eigenvalue weighted by atomic mass is 10.1. The Morgan fingerprint density at radius 1 is 1.21 bits per heavy atom. The summed E-state index contributed by atoms with van der Waals surface area (Å²) in [6, 6.07) is 13.3. The normalized spacial score (nSPS) is 16.1. The molecule has 0 bridgehead atoms. The highest BCUT2D eigenvalue weighted by atomic mass is 16.5. The van der Waals surface area contributed by atoms with E-state index in [1.54, 1.807) is 58.3 Å². The number of hydrogen-bond donors (Lipinski definition) is 2. The molecule has 0 spiro atoms. The predicted molar refractivity (Wildman–Crippen MR) is 104 cm³/mol. The smallest absolute Gasteiger partial charge is 0.260 e. The zero-order valence-corrected chi connectivity index (χ0v) is 15.7. The van der Waals surface area contributed by atoms with Crippen LogP contribution in [-0.2, 0) is 16.2 Å². The van der Waals surface area contributed by atoms with Gasteiger partial charge in [0.05, 0.1) is 12.6 Å². The molecule has 7 nitrogen and oxygen atoms in total. The van der Waals surface area contributed by atoms with Gasteiger partial charge in [-0.15, -0.1) is 0 Å². The number of aliphatic hydroxyl groups excluding tert-OH is 1. The van der Waals surface area contributed by atoms with Crippen LogP contribution in [0.4, 0.5) is 5.69 Å². The zero-order valence-electron chi connectivity index (χ0n) is 15.7. The number of amides is 2. The van der Waals surface area contributed by atoms with E-state index in [0.29, 0.717) is 30.9 Å². The van der Waals surface area contributed by atoms with E-state index in [4.69, 9.17) is 9.84 Å². The van der Waals surface area contributed by atoms with Gasteiger partial charge in [-0.25, -0.2) is 0 Å². The van der Waals surface area contributed by atoms with Gasteiger partial charge in [-0.3, -0.25) is 9.59 Å². The molecule has 0 aliphatic carbocycles. The van der Waals surface area contributed by atoms with E-state index in [1.807, 2.05) is 0 Å². The fraction of sp³-hybridized carbons (Fsp3) is 0.333. The highest BCUT2D eigenvalue weighted by Crippen LogP contribution is 2.26. The lowest BCUT2D eigenvalue weighted by molar-refractivity contribution is -0.132. The fourth-order valence-electron chi connectivity index (χ4n) is 3.40. The third kappa shape index (κ3) is 4.61. The second-order valence-corrected chi connectivity index (χ2v) is 6.78. The molecule has 0 aromatic heterocycles. The Morgan fingerprint density at radius 3 is 2.61 bits per heavy atom. The molecular formula is C21H24N2O5. The number of carbonyl (C=O) groups is 2. The van der Waals surface area contributed by atoms with Gasteiger partial charge in [0, 0.05) is 31.8 Å². The maximum Gasteiger partial charge on any atom is 0.260 e. The minimum Gasteiger partial charge on any atom is -0.508 e. The van der Waals surface area contributed by atoms with Crippen LogP contribution in [-0.4, -0.2) is 52.7 Å². The van der Waals surface area contributed by atoms with Crippen LogP contribution in [0, 0.1) is 0 Å². The summed E-state index contributed by atoms with van der Waals surface area (Å²) < 4.78 is 5.54. The van der Waals surface area contributed by atoms with Crippen LogP contribution in [0.25, 0.3) is 0 Å². The van der Waals surface area contributed by atoms with E-state index in [9.17, 15) is 14.7 Å². The average Bonchev–Trinajstić information content (AvgIpc) is 3.16. The largest absolute Gasteiger partial charge is 0.508 e. The van der Waals surface area contributed by atoms with Crippen molar-refractivity contribution in [1.82, 2.24) is 4.90 Å². The highest BCUT2D eigenvalue weighted by molar-refractivity contribution is 5.92. The molecule has 1 saturated heterocycles. The second kappa shape index (κ2) is 8.75. The average molecular weight is 384 g/mol. The van der Waals surface area contributed by atoms with E-state index < -0.39 is 0 Å². The van der Waals surface area contributed by atoms with Gasteiger partial charge in [-0.2, -0.15) is 0 Å². The van der Waals surface area contributed by atoms with Crippen molar-refractivity contribution in [3.63, 3.8) is 0 Å². The number of phenols is 1. The lowest BCUT2D eigenvalue weighted by Crippen LogP contribution is -2.42. The molecule has 148 valence electrons. The molecule has 1 atom stereocenters. The van der Waals surface area contributed by atoms with E-state index in [0.717, 1.165) is 5.56 Å². The number of carbonyl (C=O) groups excluding carboxylic acids is 2. The van der Waals surface area contributed by atoms with Gasteiger partial charge in [-0.05, 0) is 36.2 Å². The first-order valence-electron chi connectivity index (χ1n) is 9.17. The predicted octanol–water partition coefficient (Wildman–Crippen LogP) is 1.92. The molecule has 28 heavy (non-hydrogen) atoms. The lowest BCUT2D eigenvalue weighted by Gasteiger charge is -2.28. The summed E-state index contributed by atoms with van der Waals surface area (Å²) >= 11 is 0. The Bertz CT molecular complexity index is 837. The molecule has 2 N–H and O–H groups in total. The van der Waals surface area contributed by atoms with Crippen LogP contribution in [0.5, 0.6) is 11.5 Å². The van der Waals surface area contributed by atoms with Gasteiger partial charge < -0.3 is 24.7 Å². The van der Waals surface area contributed by atoms with E-state index in [-0.39, 0.29) is 36.8 Å².